The summed E-state index contributed by atoms with van der Waals surface area (Å²) in [6.07, 6.45) is 13.4. The molecule has 460 valence electrons. The van der Waals surface area contributed by atoms with Gasteiger partial charge in [-0.15, -0.1) is 0 Å². The van der Waals surface area contributed by atoms with Crippen LogP contribution in [-0.2, 0) is 81.8 Å². The largest absolute Gasteiger partial charge is 1.00 e. The summed E-state index contributed by atoms with van der Waals surface area (Å²) in [7, 11) is 0. The van der Waals surface area contributed by atoms with Gasteiger partial charge in [-0.1, -0.05) is 67.2 Å². The van der Waals surface area contributed by atoms with Crippen molar-refractivity contribution in [3.05, 3.63) is 202 Å². The Hall–Kier alpha value is -3.38. The average Bonchev–Trinajstić information content (AvgIpc) is 3.78. The van der Waals surface area contributed by atoms with E-state index in [1.165, 1.54) is 26.0 Å². The van der Waals surface area contributed by atoms with Crippen molar-refractivity contribution >= 4 is 120 Å². The van der Waals surface area contributed by atoms with Crippen molar-refractivity contribution in [3.8, 4) is 17.1 Å². The van der Waals surface area contributed by atoms with Gasteiger partial charge in [0.05, 0.1) is 34.6 Å². The molecule has 5 heterocycles. The number of rotatable bonds is 9. The summed E-state index contributed by atoms with van der Waals surface area (Å²) in [5.74, 6) is -0.720. The Labute approximate surface area is 644 Å². The number of H-pyrrole nitrogens is 1. The van der Waals surface area contributed by atoms with Gasteiger partial charge in [0.15, 0.2) is 0 Å². The van der Waals surface area contributed by atoms with Crippen LogP contribution in [0.2, 0.25) is 20.1 Å². The molecule has 0 bridgehead atoms. The van der Waals surface area contributed by atoms with Gasteiger partial charge in [0.1, 0.15) is 11.7 Å². The van der Waals surface area contributed by atoms with Crippen molar-refractivity contribution in [3.63, 3.8) is 0 Å². The molecular formula is C57H61Cl4CuI2K2N10O11. The van der Waals surface area contributed by atoms with Gasteiger partial charge < -0.3 is 26.8 Å². The Kier molecular flexibility index (Phi) is 58.6. The van der Waals surface area contributed by atoms with E-state index in [0.717, 1.165) is 93.4 Å². The quantitative estimate of drug-likeness (QED) is 0.0385. The van der Waals surface area contributed by atoms with E-state index < -0.39 is 5.97 Å². The van der Waals surface area contributed by atoms with Crippen molar-refractivity contribution in [1.29, 1.82) is 0 Å². The van der Waals surface area contributed by atoms with Gasteiger partial charge in [-0.2, -0.15) is 49.2 Å². The summed E-state index contributed by atoms with van der Waals surface area (Å²) in [6.45, 7) is 22.4. The number of hydrogen-bond donors (Lipinski definition) is 3. The van der Waals surface area contributed by atoms with E-state index in [2.05, 4.69) is 117 Å². The van der Waals surface area contributed by atoms with Gasteiger partial charge in [0.25, 0.3) is 13.0 Å². The maximum atomic E-state index is 10.1. The number of nitrogens with zero attached hydrogens (tertiary/aromatic N) is 8. The zero-order chi connectivity index (χ0) is 64.7. The Morgan fingerprint density at radius 3 is 1.21 bits per heavy atom. The molecule has 3 N–H and O–H groups in total. The van der Waals surface area contributed by atoms with Crippen molar-refractivity contribution in [2.75, 3.05) is 6.54 Å². The number of benzene rings is 4. The predicted molar refractivity (Wildman–Crippen MR) is 332 cm³/mol. The zero-order valence-corrected chi connectivity index (χ0v) is 63.4. The fourth-order valence-corrected chi connectivity index (χ4v) is 7.52. The fourth-order valence-electron chi connectivity index (χ4n) is 6.65. The normalized spacial score (nSPS) is 10.4. The molecular weight excluding hydrogens is 1540 g/mol. The molecule has 0 aliphatic carbocycles. The summed E-state index contributed by atoms with van der Waals surface area (Å²) < 4.78 is 6.77. The number of aliphatic carboxylic acids is 1. The Balaban J connectivity index is -0.000000302. The third kappa shape index (κ3) is 40.2. The van der Waals surface area contributed by atoms with E-state index in [4.69, 9.17) is 96.9 Å². The third-order valence-corrected chi connectivity index (χ3v) is 12.4. The number of aryl methyl sites for hydroxylation is 7. The average molecular weight is 1600 g/mol. The van der Waals surface area contributed by atoms with Crippen LogP contribution in [0.1, 0.15) is 80.1 Å². The first-order valence-electron chi connectivity index (χ1n) is 24.7. The van der Waals surface area contributed by atoms with E-state index >= 15 is 0 Å². The fraction of sp³-hybridized carbons (Fsp3) is 0.263. The molecule has 1 saturated heterocycles. The third-order valence-electron chi connectivity index (χ3n) is 10.7. The molecule has 87 heavy (non-hydrogen) atoms. The molecule has 30 heteroatoms. The number of aromatic amines is 1. The molecule has 0 saturated carbocycles. The molecule has 4 aromatic heterocycles. The smallest absolute Gasteiger partial charge is 1.00 e. The van der Waals surface area contributed by atoms with Crippen molar-refractivity contribution < 1.29 is 171 Å². The molecule has 0 amide bonds. The Morgan fingerprint density at radius 1 is 0.678 bits per heavy atom. The maximum Gasteiger partial charge on any atom is 1.00 e. The minimum absolute atomic E-state index is 0. The minimum atomic E-state index is -0.720. The van der Waals surface area contributed by atoms with Gasteiger partial charge in [-0.05, 0) is 208 Å². The monoisotopic (exact) mass is 1600 g/mol. The molecule has 9 rings (SSSR count). The van der Waals surface area contributed by atoms with E-state index in [1.54, 1.807) is 25.0 Å². The van der Waals surface area contributed by atoms with Gasteiger partial charge in [-0.25, -0.2) is 20.6 Å². The Morgan fingerprint density at radius 2 is 1.00 bits per heavy atom. The molecule has 1 fully saturated rings. The van der Waals surface area contributed by atoms with E-state index in [1.807, 2.05) is 138 Å². The van der Waals surface area contributed by atoms with E-state index in [9.17, 15) is 4.79 Å². The first kappa shape index (κ1) is 90.0. The molecule has 1 aliphatic heterocycles. The van der Waals surface area contributed by atoms with Crippen molar-refractivity contribution in [2.45, 2.75) is 93.2 Å². The van der Waals surface area contributed by atoms with Gasteiger partial charge >= 0.3 is 160 Å². The number of carbonyl (C=O) groups is 2. The molecule has 8 aromatic rings. The molecule has 0 spiro atoms. The van der Waals surface area contributed by atoms with Gasteiger partial charge in [0.2, 0.25) is 0 Å². The van der Waals surface area contributed by atoms with E-state index in [-0.39, 0.29) is 135 Å². The van der Waals surface area contributed by atoms with Crippen LogP contribution in [0.4, 0.5) is 0 Å². The summed E-state index contributed by atoms with van der Waals surface area (Å²) >= 11 is 31.2. The van der Waals surface area contributed by atoms with Crippen molar-refractivity contribution in [2.24, 2.45) is 0 Å². The second-order valence-corrected chi connectivity index (χ2v) is 19.3. The maximum absolute atomic E-state index is 10.1. The number of hydrogen-bond acceptors (Lipinski definition) is 15. The van der Waals surface area contributed by atoms with Crippen LogP contribution in [0.3, 0.4) is 0 Å². The van der Waals surface area contributed by atoms with Crippen LogP contribution in [0.15, 0.2) is 122 Å². The number of nitrogens with one attached hydrogen (secondary N) is 2. The second kappa shape index (κ2) is 56.6. The SMILES string of the molecule is CCc1[nH]ncc1C.CCc1nn(-c2ccc(Cl)cc2)cc1C.CCc1nn(-c2ccc(Cl)cc2)cc1C.Clc1ccc(I)cc1.O=C(O)[C@@H]1CCCN1.O=C=O.O=C=O.O=C=O.O=CO[O-].[C-]#[N+]Cc1nn(-c2ccc(Cl)cc2)cc1C.[Cu][I].[H-].[K+].[K+]. The molecule has 1 aliphatic rings. The second-order valence-electron chi connectivity index (χ2n) is 16.3. The number of carbonyl (C=O) groups excluding carboxylic acids is 7. The number of carboxylic acid groups (broad SMARTS) is 1. The summed E-state index contributed by atoms with van der Waals surface area (Å²) in [5.41, 5.74) is 12.1. The molecule has 0 unspecified atom stereocenters. The van der Waals surface area contributed by atoms with Crippen LogP contribution in [0, 0.1) is 37.8 Å². The van der Waals surface area contributed by atoms with Crippen LogP contribution < -0.4 is 113 Å². The summed E-state index contributed by atoms with van der Waals surface area (Å²) in [4.78, 5) is 73.5. The zero-order valence-electron chi connectivity index (χ0n) is 49.8. The van der Waals surface area contributed by atoms with Gasteiger partial charge in [-0.3, -0.25) is 14.7 Å². The molecule has 1 atom stereocenters. The van der Waals surface area contributed by atoms with E-state index in [0.29, 0.717) is 11.6 Å². The number of aromatic nitrogens is 8. The summed E-state index contributed by atoms with van der Waals surface area (Å²) in [5, 5.41) is 42.8. The number of carboxylic acids is 1. The van der Waals surface area contributed by atoms with Crippen LogP contribution in [-0.4, -0.2) is 88.1 Å². The summed E-state index contributed by atoms with van der Waals surface area (Å²) in [6, 6.07) is 30.2. The molecule has 21 nitrogen and oxygen atoms in total. The topological polar surface area (TPSA) is 288 Å². The molecule has 4 aromatic carbocycles. The molecule has 0 radical (unpaired) electrons. The van der Waals surface area contributed by atoms with Crippen LogP contribution in [0.25, 0.3) is 21.9 Å². The van der Waals surface area contributed by atoms with Gasteiger partial charge in [0, 0.05) is 47.9 Å². The Bertz CT molecular complexity index is 3140. The first-order valence-corrected chi connectivity index (χ1v) is 30.3. The first-order chi connectivity index (χ1) is 40.7. The number of halogens is 6. The standard InChI is InChI=1S/C12H10ClN3.2C12H13ClN2.C6H4ClI.C6H10N2.C5H9NO2.CH2O3.3CO2.Cu.HI.2K.H/c1-9-8-16(15-12(9)7-14-2)11-5-3-10(13)4-6-11;2*1-3-12-9(2)8-15(14-12)11-6-4-10(13)5-7-11;7-5-1-3-6(8)4-2-5;1-3-6-5(2)4-7-8-6;7-5(8)4-2-1-3-6-4;2-1-4-3;3*2-1-3;;;;;/h3-6,8H,7H2,1H3;2*4-8H,3H2,1-2H3;1-4H;4H,3H2,1-2H3,(H,7,8);4,6H,1-3H2,(H,7,8);1,3H;;;;;1H;;;/q;;;;;;;;;;+1;;2*+1;-1/p-2/t;;;;;4-;;;;;;;;;/m.....0........./s1. The predicted octanol–water partition coefficient (Wildman–Crippen LogP) is 5.78. The van der Waals surface area contributed by atoms with Crippen molar-refractivity contribution in [1.82, 2.24) is 44.9 Å². The minimum Gasteiger partial charge on any atom is -1.00 e. The van der Waals surface area contributed by atoms with Crippen LogP contribution in [0.5, 0.6) is 0 Å². The van der Waals surface area contributed by atoms with Crippen LogP contribution >= 0.6 is 89.3 Å².